The summed E-state index contributed by atoms with van der Waals surface area (Å²) >= 11 is 3.43. The van der Waals surface area contributed by atoms with Crippen molar-refractivity contribution in [1.29, 1.82) is 0 Å². The molecule has 3 aromatic rings. The number of anilines is 2. The van der Waals surface area contributed by atoms with E-state index in [0.717, 1.165) is 27.0 Å². The highest BCUT2D eigenvalue weighted by atomic mass is 79.9. The van der Waals surface area contributed by atoms with Crippen LogP contribution >= 0.6 is 15.9 Å². The summed E-state index contributed by atoms with van der Waals surface area (Å²) in [6.07, 6.45) is 0.214. The van der Waals surface area contributed by atoms with E-state index < -0.39 is 0 Å². The van der Waals surface area contributed by atoms with E-state index >= 15 is 0 Å². The first-order valence-corrected chi connectivity index (χ1v) is 9.92. The predicted molar refractivity (Wildman–Crippen MR) is 115 cm³/mol. The first-order valence-electron chi connectivity index (χ1n) is 9.13. The molecule has 0 aromatic heterocycles. The lowest BCUT2D eigenvalue weighted by atomic mass is 10.0. The van der Waals surface area contributed by atoms with E-state index in [-0.39, 0.29) is 24.2 Å². The lowest BCUT2D eigenvalue weighted by Crippen LogP contribution is -2.28. The number of hydrogen-bond acceptors (Lipinski definition) is 2. The maximum Gasteiger partial charge on any atom is 0.229 e. The maximum absolute atomic E-state index is 12.9. The molecule has 1 heterocycles. The Kier molecular flexibility index (Phi) is 5.26. The van der Waals surface area contributed by atoms with Crippen LogP contribution in [0.3, 0.4) is 0 Å². The Morgan fingerprint density at radius 3 is 2.50 bits per heavy atom. The lowest BCUT2D eigenvalue weighted by molar-refractivity contribution is -0.122. The van der Waals surface area contributed by atoms with Crippen molar-refractivity contribution in [2.75, 3.05) is 16.8 Å². The summed E-state index contributed by atoms with van der Waals surface area (Å²) in [5.41, 5.74) is 3.56. The van der Waals surface area contributed by atoms with Crippen LogP contribution in [0, 0.1) is 5.92 Å². The van der Waals surface area contributed by atoms with Crippen LogP contribution in [0.25, 0.3) is 11.1 Å². The van der Waals surface area contributed by atoms with Gasteiger partial charge < -0.3 is 10.2 Å². The molecule has 0 bridgehead atoms. The molecular weight excluding hydrogens is 416 g/mol. The van der Waals surface area contributed by atoms with Gasteiger partial charge in [-0.3, -0.25) is 9.59 Å². The van der Waals surface area contributed by atoms with E-state index in [4.69, 9.17) is 0 Å². The van der Waals surface area contributed by atoms with Gasteiger partial charge in [0, 0.05) is 34.4 Å². The molecule has 1 aliphatic rings. The Hall–Kier alpha value is -2.92. The Morgan fingerprint density at radius 1 is 0.964 bits per heavy atom. The van der Waals surface area contributed by atoms with Crippen LogP contribution in [0.1, 0.15) is 6.42 Å². The molecule has 1 unspecified atom stereocenters. The molecule has 3 aromatic carbocycles. The largest absolute Gasteiger partial charge is 0.325 e. The maximum atomic E-state index is 12.9. The van der Waals surface area contributed by atoms with Crippen molar-refractivity contribution in [3.8, 4) is 11.1 Å². The topological polar surface area (TPSA) is 49.4 Å². The number of hydrogen-bond donors (Lipinski definition) is 1. The number of amides is 2. The number of nitrogens with one attached hydrogen (secondary N) is 1. The van der Waals surface area contributed by atoms with Crippen LogP contribution in [0.15, 0.2) is 83.3 Å². The van der Waals surface area contributed by atoms with Crippen LogP contribution in [0.4, 0.5) is 11.4 Å². The van der Waals surface area contributed by atoms with Crippen LogP contribution < -0.4 is 10.2 Å². The molecule has 5 heteroatoms. The van der Waals surface area contributed by atoms with Gasteiger partial charge in [-0.2, -0.15) is 0 Å². The highest BCUT2D eigenvalue weighted by Crippen LogP contribution is 2.31. The van der Waals surface area contributed by atoms with E-state index in [1.54, 1.807) is 4.90 Å². The molecule has 4 nitrogen and oxygen atoms in total. The van der Waals surface area contributed by atoms with E-state index in [2.05, 4.69) is 21.2 Å². The molecule has 2 amide bonds. The van der Waals surface area contributed by atoms with E-state index in [1.807, 2.05) is 78.9 Å². The van der Waals surface area contributed by atoms with E-state index in [0.29, 0.717) is 6.54 Å². The third kappa shape index (κ3) is 3.85. The van der Waals surface area contributed by atoms with Crippen molar-refractivity contribution >= 4 is 39.1 Å². The summed E-state index contributed by atoms with van der Waals surface area (Å²) < 4.78 is 0.905. The normalized spacial score (nSPS) is 16.2. The number of rotatable bonds is 4. The van der Waals surface area contributed by atoms with Crippen LogP contribution in [-0.2, 0) is 9.59 Å². The molecule has 0 spiro atoms. The van der Waals surface area contributed by atoms with Crippen molar-refractivity contribution in [2.45, 2.75) is 6.42 Å². The zero-order valence-corrected chi connectivity index (χ0v) is 16.7. The van der Waals surface area contributed by atoms with Crippen LogP contribution in [0.5, 0.6) is 0 Å². The minimum absolute atomic E-state index is 0.0328. The van der Waals surface area contributed by atoms with Crippen molar-refractivity contribution in [2.24, 2.45) is 5.92 Å². The summed E-state index contributed by atoms with van der Waals surface area (Å²) in [5, 5.41) is 3.03. The molecule has 0 aliphatic carbocycles. The molecule has 0 saturated carbocycles. The zero-order valence-electron chi connectivity index (χ0n) is 15.1. The van der Waals surface area contributed by atoms with Gasteiger partial charge in [-0.25, -0.2) is 0 Å². The molecule has 1 fully saturated rings. The predicted octanol–water partition coefficient (Wildman–Crippen LogP) is 5.11. The molecule has 140 valence electrons. The van der Waals surface area contributed by atoms with Gasteiger partial charge in [0.05, 0.1) is 5.92 Å². The monoisotopic (exact) mass is 434 g/mol. The minimum Gasteiger partial charge on any atom is -0.325 e. The number of halogens is 1. The molecular formula is C23H19BrN2O2. The number of carbonyl (C=O) groups excluding carboxylic acids is 2. The second-order valence-corrected chi connectivity index (χ2v) is 7.70. The van der Waals surface area contributed by atoms with Gasteiger partial charge in [-0.1, -0.05) is 70.5 Å². The fraction of sp³-hybridized carbons (Fsp3) is 0.130. The quantitative estimate of drug-likeness (QED) is 0.620. The van der Waals surface area contributed by atoms with Gasteiger partial charge in [-0.15, -0.1) is 0 Å². The molecule has 1 aliphatic heterocycles. The Bertz CT molecular complexity index is 1020. The van der Waals surface area contributed by atoms with Gasteiger partial charge >= 0.3 is 0 Å². The Balaban J connectivity index is 1.52. The van der Waals surface area contributed by atoms with Gasteiger partial charge in [0.15, 0.2) is 0 Å². The SMILES string of the molecule is O=C(Nc1ccccc1-c1ccccc1)C1CC(=O)N(c2cccc(Br)c2)C1. The fourth-order valence-corrected chi connectivity index (χ4v) is 3.86. The Labute approximate surface area is 172 Å². The Morgan fingerprint density at radius 2 is 1.71 bits per heavy atom. The first kappa shape index (κ1) is 18.4. The summed E-state index contributed by atoms with van der Waals surface area (Å²) in [6, 6.07) is 25.2. The summed E-state index contributed by atoms with van der Waals surface area (Å²) in [4.78, 5) is 27.0. The summed E-state index contributed by atoms with van der Waals surface area (Å²) in [5.74, 6) is -0.542. The van der Waals surface area contributed by atoms with E-state index in [1.165, 1.54) is 0 Å². The minimum atomic E-state index is -0.379. The molecule has 1 saturated heterocycles. The first-order chi connectivity index (χ1) is 13.6. The average Bonchev–Trinajstić information content (AvgIpc) is 3.11. The second-order valence-electron chi connectivity index (χ2n) is 6.79. The van der Waals surface area contributed by atoms with Crippen LogP contribution in [0.2, 0.25) is 0 Å². The molecule has 28 heavy (non-hydrogen) atoms. The van der Waals surface area contributed by atoms with Crippen LogP contribution in [-0.4, -0.2) is 18.4 Å². The fourth-order valence-electron chi connectivity index (χ4n) is 3.47. The smallest absolute Gasteiger partial charge is 0.229 e. The lowest BCUT2D eigenvalue weighted by Gasteiger charge is -2.17. The van der Waals surface area contributed by atoms with Gasteiger partial charge in [-0.05, 0) is 29.8 Å². The highest BCUT2D eigenvalue weighted by molar-refractivity contribution is 9.10. The number of para-hydroxylation sites is 1. The number of carbonyl (C=O) groups is 2. The third-order valence-electron chi connectivity index (χ3n) is 4.89. The molecule has 0 radical (unpaired) electrons. The molecule has 1 N–H and O–H groups in total. The average molecular weight is 435 g/mol. The molecule has 1 atom stereocenters. The van der Waals surface area contributed by atoms with Crippen molar-refractivity contribution in [3.63, 3.8) is 0 Å². The highest BCUT2D eigenvalue weighted by Gasteiger charge is 2.35. The van der Waals surface area contributed by atoms with Crippen molar-refractivity contribution in [1.82, 2.24) is 0 Å². The van der Waals surface area contributed by atoms with Gasteiger partial charge in [0.1, 0.15) is 0 Å². The van der Waals surface area contributed by atoms with E-state index in [9.17, 15) is 9.59 Å². The standard InChI is InChI=1S/C23H19BrN2O2/c24-18-9-6-10-19(14-18)26-15-17(13-22(26)27)23(28)25-21-12-5-4-11-20(21)16-7-2-1-3-8-16/h1-12,14,17H,13,15H2,(H,25,28). The molecule has 4 rings (SSSR count). The number of nitrogens with zero attached hydrogens (tertiary/aromatic N) is 1. The van der Waals surface area contributed by atoms with Crippen molar-refractivity contribution < 1.29 is 9.59 Å². The van der Waals surface area contributed by atoms with Crippen molar-refractivity contribution in [3.05, 3.63) is 83.3 Å². The second kappa shape index (κ2) is 7.98. The summed E-state index contributed by atoms with van der Waals surface area (Å²) in [7, 11) is 0. The number of benzene rings is 3. The van der Waals surface area contributed by atoms with Gasteiger partial charge in [0.2, 0.25) is 11.8 Å². The van der Waals surface area contributed by atoms with Gasteiger partial charge in [0.25, 0.3) is 0 Å². The zero-order chi connectivity index (χ0) is 19.5. The third-order valence-corrected chi connectivity index (χ3v) is 5.38. The summed E-state index contributed by atoms with van der Waals surface area (Å²) in [6.45, 7) is 0.384.